The van der Waals surface area contributed by atoms with E-state index in [0.29, 0.717) is 11.8 Å². The van der Waals surface area contributed by atoms with Crippen molar-refractivity contribution in [2.24, 2.45) is 0 Å². The molecule has 2 aromatic heterocycles. The molecule has 0 atom stereocenters. The third kappa shape index (κ3) is 3.72. The average Bonchev–Trinajstić information content (AvgIpc) is 3.92. The lowest BCUT2D eigenvalue weighted by atomic mass is 9.33. The molecule has 282 valence electrons. The van der Waals surface area contributed by atoms with Crippen molar-refractivity contribution >= 4 is 55.8 Å². The van der Waals surface area contributed by atoms with Gasteiger partial charge in [0.25, 0.3) is 6.71 Å². The molecule has 0 bridgehead atoms. The summed E-state index contributed by atoms with van der Waals surface area (Å²) in [5.74, 6) is 0.755. The van der Waals surface area contributed by atoms with E-state index >= 15 is 0 Å². The molecule has 10 aromatic rings. The van der Waals surface area contributed by atoms with Crippen LogP contribution in [0.15, 0.2) is 164 Å². The van der Waals surface area contributed by atoms with Crippen LogP contribution in [-0.4, -0.2) is 15.8 Å². The van der Waals surface area contributed by atoms with Crippen LogP contribution in [0.3, 0.4) is 0 Å². The summed E-state index contributed by atoms with van der Waals surface area (Å²) < 4.78 is 5.40. The molecule has 3 heteroatoms. The molecule has 4 aliphatic rings. The smallest absolute Gasteiger partial charge is 0.252 e. The summed E-state index contributed by atoms with van der Waals surface area (Å²) in [7, 11) is 0. The lowest BCUT2D eigenvalue weighted by Crippen LogP contribution is -2.60. The Morgan fingerprint density at radius 2 is 1.05 bits per heavy atom. The Bertz CT molecular complexity index is 3500. The first-order chi connectivity index (χ1) is 29.5. The van der Waals surface area contributed by atoms with E-state index in [1.54, 1.807) is 0 Å². The van der Waals surface area contributed by atoms with Crippen molar-refractivity contribution in [3.05, 3.63) is 197 Å². The summed E-state index contributed by atoms with van der Waals surface area (Å²) in [4.78, 5) is 0. The lowest BCUT2D eigenvalue weighted by molar-refractivity contribution is 0.743. The van der Waals surface area contributed by atoms with Crippen molar-refractivity contribution < 1.29 is 0 Å². The van der Waals surface area contributed by atoms with E-state index in [1.165, 1.54) is 127 Å². The zero-order chi connectivity index (χ0) is 39.8. The van der Waals surface area contributed by atoms with Gasteiger partial charge in [0, 0.05) is 44.1 Å². The third-order valence-electron chi connectivity index (χ3n) is 14.8. The van der Waals surface area contributed by atoms with Crippen LogP contribution >= 0.6 is 0 Å². The van der Waals surface area contributed by atoms with Crippen molar-refractivity contribution in [3.8, 4) is 44.9 Å². The van der Waals surface area contributed by atoms with Crippen LogP contribution in [0.1, 0.15) is 72.9 Å². The number of rotatable bonds is 4. The van der Waals surface area contributed by atoms with E-state index in [-0.39, 0.29) is 6.71 Å². The molecule has 8 aromatic carbocycles. The van der Waals surface area contributed by atoms with Gasteiger partial charge in [-0.1, -0.05) is 173 Å². The third-order valence-corrected chi connectivity index (χ3v) is 14.8. The highest BCUT2D eigenvalue weighted by molar-refractivity contribution is 7.00. The van der Waals surface area contributed by atoms with Gasteiger partial charge in [-0.25, -0.2) is 0 Å². The number of para-hydroxylation sites is 1. The van der Waals surface area contributed by atoms with Crippen LogP contribution in [0.4, 0.5) is 0 Å². The monoisotopic (exact) mass is 764 g/mol. The highest BCUT2D eigenvalue weighted by Crippen LogP contribution is 2.62. The summed E-state index contributed by atoms with van der Waals surface area (Å²) in [6.45, 7) is 9.51. The van der Waals surface area contributed by atoms with E-state index in [9.17, 15) is 0 Å². The summed E-state index contributed by atoms with van der Waals surface area (Å²) in [6, 6.07) is 63.2. The van der Waals surface area contributed by atoms with Crippen molar-refractivity contribution in [1.29, 1.82) is 0 Å². The molecule has 0 unspecified atom stereocenters. The Hall–Kier alpha value is -6.84. The number of nitrogens with zero attached hydrogens (tertiary/aromatic N) is 2. The fourth-order valence-corrected chi connectivity index (χ4v) is 12.4. The summed E-state index contributed by atoms with van der Waals surface area (Å²) in [6.07, 6.45) is 0. The van der Waals surface area contributed by atoms with Gasteiger partial charge in [0.05, 0.1) is 16.6 Å². The molecule has 0 saturated heterocycles. The van der Waals surface area contributed by atoms with E-state index in [1.807, 2.05) is 0 Å². The molecule has 60 heavy (non-hydrogen) atoms. The van der Waals surface area contributed by atoms with Gasteiger partial charge in [0.1, 0.15) is 0 Å². The highest BCUT2D eigenvalue weighted by atomic mass is 15.1. The first kappa shape index (κ1) is 33.0. The standard InChI is InChI=1S/C57H41BN2/c1-32(2)36-28-41-42-29-37(33(3)4)31-48-55(42)60-53(41)46(30-36)57(43-23-13-11-20-38(43)39-21-12-14-24-44(39)57)45-26-27-49-51(56(45)60)58(48)47-25-15-22-40-50(34-16-7-5-8-17-34)52(59(49)54(40)47)35-18-9-6-10-19-35/h5-33H,1-4H3. The molecule has 14 rings (SSSR count). The van der Waals surface area contributed by atoms with Crippen LogP contribution in [0.2, 0.25) is 0 Å². The Morgan fingerprint density at radius 3 is 1.73 bits per heavy atom. The van der Waals surface area contributed by atoms with Gasteiger partial charge < -0.3 is 9.13 Å². The fraction of sp³-hybridized carbons (Fsp3) is 0.123. The van der Waals surface area contributed by atoms with Crippen molar-refractivity contribution in [2.75, 3.05) is 0 Å². The highest BCUT2D eigenvalue weighted by Gasteiger charge is 2.54. The molecule has 0 N–H and O–H groups in total. The SMILES string of the molecule is CC(C)c1cc2c3c(c1)c1cc(C(C)C)cc4c1n3-c1c(ccc3c1B2c1cccc2c(-c5ccccc5)c(-c5ccccc5)n-3c12)C41c2ccccc2-c2ccccc21. The quantitative estimate of drug-likeness (QED) is 0.158. The van der Waals surface area contributed by atoms with Crippen LogP contribution in [0.25, 0.3) is 77.6 Å². The van der Waals surface area contributed by atoms with E-state index in [0.717, 1.165) is 0 Å². The van der Waals surface area contributed by atoms with Crippen LogP contribution < -0.4 is 16.4 Å². The largest absolute Gasteiger partial charge is 0.310 e. The Morgan fingerprint density at radius 1 is 0.450 bits per heavy atom. The summed E-state index contributed by atoms with van der Waals surface area (Å²) >= 11 is 0. The maximum absolute atomic E-state index is 2.75. The molecular formula is C57H41BN2. The molecule has 0 amide bonds. The second kappa shape index (κ2) is 11.3. The van der Waals surface area contributed by atoms with Gasteiger partial charge in [0.15, 0.2) is 0 Å². The summed E-state index contributed by atoms with van der Waals surface area (Å²) in [5, 5.41) is 4.08. The maximum Gasteiger partial charge on any atom is 0.252 e. The Balaban J connectivity index is 1.25. The molecule has 1 spiro atoms. The summed E-state index contributed by atoms with van der Waals surface area (Å²) in [5.41, 5.74) is 26.6. The Kier molecular flexibility index (Phi) is 6.20. The average molecular weight is 765 g/mol. The van der Waals surface area contributed by atoms with Crippen LogP contribution in [0.5, 0.6) is 0 Å². The first-order valence-electron chi connectivity index (χ1n) is 21.8. The number of benzene rings is 8. The van der Waals surface area contributed by atoms with Crippen molar-refractivity contribution in [3.63, 3.8) is 0 Å². The molecule has 1 aliphatic carbocycles. The molecule has 0 radical (unpaired) electrons. The van der Waals surface area contributed by atoms with Crippen LogP contribution in [0, 0.1) is 0 Å². The predicted octanol–water partition coefficient (Wildman–Crippen LogP) is 12.1. The molecule has 0 saturated carbocycles. The number of fused-ring (bicyclic) bond motifs is 11. The second-order valence-corrected chi connectivity index (χ2v) is 18.3. The minimum absolute atomic E-state index is 0.0568. The predicted molar refractivity (Wildman–Crippen MR) is 252 cm³/mol. The molecule has 0 fully saturated rings. The van der Waals surface area contributed by atoms with E-state index in [4.69, 9.17) is 0 Å². The lowest BCUT2D eigenvalue weighted by Gasteiger charge is -2.44. The molecule has 5 heterocycles. The number of aromatic nitrogens is 2. The number of hydrogen-bond acceptors (Lipinski definition) is 0. The zero-order valence-corrected chi connectivity index (χ0v) is 34.2. The van der Waals surface area contributed by atoms with Gasteiger partial charge >= 0.3 is 0 Å². The van der Waals surface area contributed by atoms with Crippen molar-refractivity contribution in [1.82, 2.24) is 9.13 Å². The fourth-order valence-electron chi connectivity index (χ4n) is 12.4. The van der Waals surface area contributed by atoms with Crippen molar-refractivity contribution in [2.45, 2.75) is 44.9 Å². The van der Waals surface area contributed by atoms with E-state index in [2.05, 4.69) is 201 Å². The maximum atomic E-state index is 2.75. The molecular weight excluding hydrogens is 723 g/mol. The second-order valence-electron chi connectivity index (χ2n) is 18.3. The van der Waals surface area contributed by atoms with Gasteiger partial charge in [-0.15, -0.1) is 0 Å². The first-order valence-corrected chi connectivity index (χ1v) is 21.8. The normalized spacial score (nSPS) is 14.4. The van der Waals surface area contributed by atoms with E-state index < -0.39 is 5.41 Å². The van der Waals surface area contributed by atoms with Gasteiger partial charge in [-0.2, -0.15) is 0 Å². The molecule has 3 aliphatic heterocycles. The number of hydrogen-bond donors (Lipinski definition) is 0. The van der Waals surface area contributed by atoms with Crippen LogP contribution in [-0.2, 0) is 5.41 Å². The van der Waals surface area contributed by atoms with Gasteiger partial charge in [-0.3, -0.25) is 0 Å². The topological polar surface area (TPSA) is 9.86 Å². The minimum atomic E-state index is -0.492. The van der Waals surface area contributed by atoms with Gasteiger partial charge in [0.2, 0.25) is 0 Å². The zero-order valence-electron chi connectivity index (χ0n) is 34.2. The molecule has 2 nitrogen and oxygen atoms in total. The Labute approximate surface area is 350 Å². The minimum Gasteiger partial charge on any atom is -0.310 e. The van der Waals surface area contributed by atoms with Gasteiger partial charge in [-0.05, 0) is 102 Å².